The molecule has 0 radical (unpaired) electrons. The second-order valence-electron chi connectivity index (χ2n) is 2.27. The first-order chi connectivity index (χ1) is 6.52. The average molecular weight is 199 g/mol. The summed E-state index contributed by atoms with van der Waals surface area (Å²) in [6.07, 6.45) is 2.13. The number of carboxylic acids is 1. The number of carbonyl (C=O) groups is 2. The Bertz CT molecular complexity index is 307. The second kappa shape index (κ2) is 5.69. The standard InChI is InChI=1S/C9H10FNO3/c1-3-6(7(10)4-2)5-11-8(12)9(13)14/h3-4H,1-2,5H2,(H,11,12)(H,13,14)/b7-6-. The molecule has 0 fully saturated rings. The molecule has 0 bridgehead atoms. The van der Waals surface area contributed by atoms with E-state index in [0.29, 0.717) is 0 Å². The van der Waals surface area contributed by atoms with Gasteiger partial charge < -0.3 is 10.4 Å². The third-order valence-electron chi connectivity index (χ3n) is 1.37. The highest BCUT2D eigenvalue weighted by molar-refractivity contribution is 6.31. The van der Waals surface area contributed by atoms with Crippen molar-refractivity contribution in [2.24, 2.45) is 0 Å². The van der Waals surface area contributed by atoms with Crippen LogP contribution < -0.4 is 5.32 Å². The van der Waals surface area contributed by atoms with Gasteiger partial charge in [-0.15, -0.1) is 0 Å². The van der Waals surface area contributed by atoms with E-state index in [1.165, 1.54) is 6.08 Å². The number of carboxylic acid groups (broad SMARTS) is 1. The van der Waals surface area contributed by atoms with Gasteiger partial charge >= 0.3 is 11.9 Å². The summed E-state index contributed by atoms with van der Waals surface area (Å²) >= 11 is 0. The van der Waals surface area contributed by atoms with Gasteiger partial charge in [-0.25, -0.2) is 9.18 Å². The lowest BCUT2D eigenvalue weighted by atomic mass is 10.2. The lowest BCUT2D eigenvalue weighted by molar-refractivity contribution is -0.150. The molecular formula is C9H10FNO3. The van der Waals surface area contributed by atoms with Gasteiger partial charge in [-0.05, 0) is 6.08 Å². The fourth-order valence-corrected chi connectivity index (χ4v) is 0.636. The molecule has 14 heavy (non-hydrogen) atoms. The van der Waals surface area contributed by atoms with Gasteiger partial charge in [0.05, 0.1) is 0 Å². The van der Waals surface area contributed by atoms with Crippen molar-refractivity contribution in [2.45, 2.75) is 0 Å². The number of carbonyl (C=O) groups excluding carboxylic acids is 1. The predicted octanol–water partition coefficient (Wildman–Crippen LogP) is 0.783. The number of amides is 1. The zero-order valence-electron chi connectivity index (χ0n) is 7.42. The van der Waals surface area contributed by atoms with E-state index < -0.39 is 17.7 Å². The molecule has 0 unspecified atom stereocenters. The third kappa shape index (κ3) is 3.66. The van der Waals surface area contributed by atoms with Crippen molar-refractivity contribution in [3.63, 3.8) is 0 Å². The summed E-state index contributed by atoms with van der Waals surface area (Å²) in [5.74, 6) is -3.46. The Morgan fingerprint density at radius 2 is 1.93 bits per heavy atom. The third-order valence-corrected chi connectivity index (χ3v) is 1.37. The molecule has 0 aromatic heterocycles. The summed E-state index contributed by atoms with van der Waals surface area (Å²) in [4.78, 5) is 20.6. The minimum Gasteiger partial charge on any atom is -0.474 e. The molecule has 0 saturated heterocycles. The highest BCUT2D eigenvalue weighted by Gasteiger charge is 2.10. The van der Waals surface area contributed by atoms with Crippen molar-refractivity contribution in [3.8, 4) is 0 Å². The van der Waals surface area contributed by atoms with Crippen molar-refractivity contribution >= 4 is 11.9 Å². The maximum atomic E-state index is 12.8. The summed E-state index contributed by atoms with van der Waals surface area (Å²) in [7, 11) is 0. The molecule has 0 heterocycles. The fourth-order valence-electron chi connectivity index (χ4n) is 0.636. The highest BCUT2D eigenvalue weighted by Crippen LogP contribution is 2.06. The van der Waals surface area contributed by atoms with Crippen LogP contribution in [0.15, 0.2) is 36.7 Å². The van der Waals surface area contributed by atoms with Gasteiger partial charge in [0.1, 0.15) is 5.83 Å². The average Bonchev–Trinajstić information content (AvgIpc) is 2.17. The van der Waals surface area contributed by atoms with Crippen molar-refractivity contribution in [1.29, 1.82) is 0 Å². The van der Waals surface area contributed by atoms with Crippen molar-refractivity contribution in [1.82, 2.24) is 5.32 Å². The van der Waals surface area contributed by atoms with Gasteiger partial charge in [-0.3, -0.25) is 4.79 Å². The van der Waals surface area contributed by atoms with Crippen LogP contribution in [0.1, 0.15) is 0 Å². The molecule has 0 aliphatic heterocycles. The number of halogens is 1. The van der Waals surface area contributed by atoms with Gasteiger partial charge in [-0.1, -0.05) is 19.2 Å². The maximum absolute atomic E-state index is 12.8. The molecule has 5 heteroatoms. The first-order valence-corrected chi connectivity index (χ1v) is 3.67. The first-order valence-electron chi connectivity index (χ1n) is 3.67. The minimum atomic E-state index is -1.62. The summed E-state index contributed by atoms with van der Waals surface area (Å²) in [5, 5.41) is 10.2. The summed E-state index contributed by atoms with van der Waals surface area (Å²) in [6, 6.07) is 0. The monoisotopic (exact) mass is 199 g/mol. The van der Waals surface area contributed by atoms with Crippen LogP contribution in [0, 0.1) is 0 Å². The molecular weight excluding hydrogens is 189 g/mol. The molecule has 0 rings (SSSR count). The van der Waals surface area contributed by atoms with E-state index in [-0.39, 0.29) is 12.1 Å². The zero-order valence-corrected chi connectivity index (χ0v) is 7.42. The Morgan fingerprint density at radius 1 is 1.36 bits per heavy atom. The highest BCUT2D eigenvalue weighted by atomic mass is 19.1. The first kappa shape index (κ1) is 12.1. The lowest BCUT2D eigenvalue weighted by Crippen LogP contribution is -2.32. The Kier molecular flexibility index (Phi) is 4.91. The van der Waals surface area contributed by atoms with Gasteiger partial charge in [0, 0.05) is 12.1 Å². The molecule has 2 N–H and O–H groups in total. The van der Waals surface area contributed by atoms with Crippen LogP contribution in [0.3, 0.4) is 0 Å². The van der Waals surface area contributed by atoms with E-state index in [1.54, 1.807) is 0 Å². The second-order valence-corrected chi connectivity index (χ2v) is 2.27. The van der Waals surface area contributed by atoms with E-state index in [0.717, 1.165) is 6.08 Å². The minimum absolute atomic E-state index is 0.0783. The largest absolute Gasteiger partial charge is 0.474 e. The zero-order chi connectivity index (χ0) is 11.1. The molecule has 4 nitrogen and oxygen atoms in total. The number of allylic oxidation sites excluding steroid dienone is 2. The molecule has 0 saturated carbocycles. The Labute approximate surface area is 80.4 Å². The van der Waals surface area contributed by atoms with Crippen LogP contribution in [-0.4, -0.2) is 23.5 Å². The number of hydrogen-bond acceptors (Lipinski definition) is 2. The Balaban J connectivity index is 4.37. The van der Waals surface area contributed by atoms with E-state index in [2.05, 4.69) is 13.2 Å². The SMILES string of the molecule is C=C/C(F)=C(\C=C)CNC(=O)C(=O)O. The van der Waals surface area contributed by atoms with Crippen molar-refractivity contribution in [2.75, 3.05) is 6.54 Å². The quantitative estimate of drug-likeness (QED) is 0.519. The fraction of sp³-hybridized carbons (Fsp3) is 0.111. The number of rotatable bonds is 4. The lowest BCUT2D eigenvalue weighted by Gasteiger charge is -2.02. The summed E-state index contributed by atoms with van der Waals surface area (Å²) in [6.45, 7) is 6.26. The number of hydrogen-bond donors (Lipinski definition) is 2. The van der Waals surface area contributed by atoms with Crippen molar-refractivity contribution in [3.05, 3.63) is 36.7 Å². The Hall–Kier alpha value is -1.91. The molecule has 0 atom stereocenters. The van der Waals surface area contributed by atoms with E-state index in [4.69, 9.17) is 5.11 Å². The van der Waals surface area contributed by atoms with Crippen LogP contribution >= 0.6 is 0 Å². The smallest absolute Gasteiger partial charge is 0.394 e. The van der Waals surface area contributed by atoms with Gasteiger partial charge in [0.25, 0.3) is 0 Å². The molecule has 0 aromatic carbocycles. The molecule has 0 aromatic rings. The van der Waals surface area contributed by atoms with Crippen LogP contribution in [0.5, 0.6) is 0 Å². The Morgan fingerprint density at radius 3 is 2.29 bits per heavy atom. The molecule has 76 valence electrons. The van der Waals surface area contributed by atoms with Gasteiger partial charge in [0.15, 0.2) is 0 Å². The van der Waals surface area contributed by atoms with Crippen LogP contribution in [0.4, 0.5) is 4.39 Å². The number of aliphatic carboxylic acids is 1. The summed E-state index contributed by atoms with van der Waals surface area (Å²) in [5.41, 5.74) is 0.0783. The topological polar surface area (TPSA) is 66.4 Å². The normalized spacial score (nSPS) is 11.2. The van der Waals surface area contributed by atoms with Gasteiger partial charge in [0.2, 0.25) is 0 Å². The van der Waals surface area contributed by atoms with E-state index in [1.807, 2.05) is 5.32 Å². The van der Waals surface area contributed by atoms with Crippen molar-refractivity contribution < 1.29 is 19.1 Å². The van der Waals surface area contributed by atoms with Crippen LogP contribution in [0.2, 0.25) is 0 Å². The molecule has 0 aliphatic carbocycles. The molecule has 0 aliphatic rings. The van der Waals surface area contributed by atoms with E-state index in [9.17, 15) is 14.0 Å². The molecule has 0 spiro atoms. The number of nitrogens with one attached hydrogen (secondary N) is 1. The molecule has 1 amide bonds. The van der Waals surface area contributed by atoms with E-state index >= 15 is 0 Å². The van der Waals surface area contributed by atoms with Crippen LogP contribution in [0.25, 0.3) is 0 Å². The maximum Gasteiger partial charge on any atom is 0.394 e. The summed E-state index contributed by atoms with van der Waals surface area (Å²) < 4.78 is 12.8. The van der Waals surface area contributed by atoms with Gasteiger partial charge in [-0.2, -0.15) is 0 Å². The van der Waals surface area contributed by atoms with Crippen LogP contribution in [-0.2, 0) is 9.59 Å². The predicted molar refractivity (Wildman–Crippen MR) is 49.2 cm³/mol.